The number of rotatable bonds is 3. The predicted molar refractivity (Wildman–Crippen MR) is 88.1 cm³/mol. The van der Waals surface area contributed by atoms with Crippen LogP contribution in [0.25, 0.3) is 0 Å². The van der Waals surface area contributed by atoms with Gasteiger partial charge in [0.05, 0.1) is 4.88 Å². The van der Waals surface area contributed by atoms with Crippen molar-refractivity contribution in [2.24, 2.45) is 5.73 Å². The van der Waals surface area contributed by atoms with E-state index in [1.807, 2.05) is 36.4 Å². The van der Waals surface area contributed by atoms with E-state index >= 15 is 0 Å². The first kappa shape index (κ1) is 16.4. The lowest BCUT2D eigenvalue weighted by Crippen LogP contribution is -2.38. The van der Waals surface area contributed by atoms with Gasteiger partial charge in [0.15, 0.2) is 0 Å². The molecular weight excluding hydrogens is 320 g/mol. The molecule has 0 spiro atoms. The quantitative estimate of drug-likeness (QED) is 0.512. The smallest absolute Gasteiger partial charge is 0.339 e. The van der Waals surface area contributed by atoms with E-state index in [9.17, 15) is 10.0 Å². The third kappa shape index (κ3) is 4.50. The molecule has 1 heterocycles. The molecule has 22 heavy (non-hydrogen) atoms. The standard InChI is InChI=1S/C16H15ClN2O2S/c1-11(19(21)16(18)20)2-7-14-8-9-15(22-14)10-12-3-5-13(17)6-4-12/h3-6,8-9,11,21H,10H2,1H3,(H2,18,20)/t11-/m1/s1. The van der Waals surface area contributed by atoms with Crippen LogP contribution in [0, 0.1) is 11.8 Å². The highest BCUT2D eigenvalue weighted by atomic mass is 35.5. The minimum Gasteiger partial charge on any atom is -0.350 e. The van der Waals surface area contributed by atoms with Crippen LogP contribution in [0.2, 0.25) is 5.02 Å². The van der Waals surface area contributed by atoms with Crippen molar-refractivity contribution in [2.75, 3.05) is 0 Å². The Balaban J connectivity index is 2.03. The molecule has 1 aromatic carbocycles. The average Bonchev–Trinajstić information content (AvgIpc) is 2.94. The van der Waals surface area contributed by atoms with Crippen LogP contribution in [0.3, 0.4) is 0 Å². The molecule has 4 nitrogen and oxygen atoms in total. The number of hydrogen-bond acceptors (Lipinski definition) is 3. The fourth-order valence-corrected chi connectivity index (χ4v) is 2.80. The predicted octanol–water partition coefficient (Wildman–Crippen LogP) is 3.50. The number of carbonyl (C=O) groups excluding carboxylic acids is 1. The van der Waals surface area contributed by atoms with E-state index in [1.54, 1.807) is 18.3 Å². The number of thiophene rings is 1. The van der Waals surface area contributed by atoms with Gasteiger partial charge in [0.1, 0.15) is 6.04 Å². The summed E-state index contributed by atoms with van der Waals surface area (Å²) < 4.78 is 0. The Kier molecular flexibility index (Phi) is 5.45. The van der Waals surface area contributed by atoms with E-state index in [2.05, 4.69) is 11.8 Å². The number of urea groups is 1. The summed E-state index contributed by atoms with van der Waals surface area (Å²) in [5.74, 6) is 5.72. The van der Waals surface area contributed by atoms with Crippen LogP contribution in [0.4, 0.5) is 4.79 Å². The van der Waals surface area contributed by atoms with Crippen LogP contribution in [0.5, 0.6) is 0 Å². The van der Waals surface area contributed by atoms with Gasteiger partial charge in [-0.15, -0.1) is 11.3 Å². The molecule has 6 heteroatoms. The second-order valence-electron chi connectivity index (χ2n) is 4.70. The highest BCUT2D eigenvalue weighted by Gasteiger charge is 2.11. The van der Waals surface area contributed by atoms with Crippen LogP contribution in [-0.2, 0) is 6.42 Å². The maximum absolute atomic E-state index is 10.8. The molecule has 2 amide bonds. The van der Waals surface area contributed by atoms with Crippen molar-refractivity contribution in [1.29, 1.82) is 0 Å². The molecule has 0 saturated carbocycles. The molecule has 0 unspecified atom stereocenters. The molecule has 3 N–H and O–H groups in total. The number of primary amides is 1. The average molecular weight is 335 g/mol. The molecule has 1 aromatic heterocycles. The van der Waals surface area contributed by atoms with E-state index in [1.165, 1.54) is 10.4 Å². The topological polar surface area (TPSA) is 66.6 Å². The number of amides is 2. The first-order valence-corrected chi connectivity index (χ1v) is 7.77. The summed E-state index contributed by atoms with van der Waals surface area (Å²) in [5, 5.41) is 10.5. The Morgan fingerprint density at radius 2 is 2.05 bits per heavy atom. The summed E-state index contributed by atoms with van der Waals surface area (Å²) >= 11 is 7.44. The first-order chi connectivity index (χ1) is 10.5. The lowest BCUT2D eigenvalue weighted by atomic mass is 10.1. The normalized spacial score (nSPS) is 11.4. The SMILES string of the molecule is C[C@H](C#Cc1ccc(Cc2ccc(Cl)cc2)s1)N(O)C(N)=O. The minimum absolute atomic E-state index is 0.412. The lowest BCUT2D eigenvalue weighted by molar-refractivity contribution is -0.0536. The molecule has 0 fully saturated rings. The van der Waals surface area contributed by atoms with Gasteiger partial charge >= 0.3 is 6.03 Å². The van der Waals surface area contributed by atoms with Gasteiger partial charge in [-0.2, -0.15) is 5.06 Å². The van der Waals surface area contributed by atoms with Gasteiger partial charge in [-0.25, -0.2) is 4.79 Å². The number of carbonyl (C=O) groups is 1. The Morgan fingerprint density at radius 3 is 2.68 bits per heavy atom. The van der Waals surface area contributed by atoms with Gasteiger partial charge in [-0.3, -0.25) is 5.21 Å². The van der Waals surface area contributed by atoms with Crippen molar-refractivity contribution in [3.63, 3.8) is 0 Å². The van der Waals surface area contributed by atoms with Gasteiger partial charge < -0.3 is 5.73 Å². The third-order valence-corrected chi connectivity index (χ3v) is 4.20. The molecule has 114 valence electrons. The van der Waals surface area contributed by atoms with Crippen molar-refractivity contribution >= 4 is 29.0 Å². The lowest BCUT2D eigenvalue weighted by Gasteiger charge is -2.14. The van der Waals surface area contributed by atoms with Crippen molar-refractivity contribution in [1.82, 2.24) is 5.06 Å². The number of hydrogen-bond donors (Lipinski definition) is 2. The number of nitrogens with two attached hydrogens (primary N) is 1. The number of halogens is 1. The highest BCUT2D eigenvalue weighted by Crippen LogP contribution is 2.20. The van der Waals surface area contributed by atoms with E-state index in [4.69, 9.17) is 17.3 Å². The first-order valence-electron chi connectivity index (χ1n) is 6.58. The number of hydroxylamine groups is 2. The van der Waals surface area contributed by atoms with Gasteiger partial charge in [0.25, 0.3) is 0 Å². The van der Waals surface area contributed by atoms with Crippen molar-refractivity contribution in [2.45, 2.75) is 19.4 Å². The highest BCUT2D eigenvalue weighted by molar-refractivity contribution is 7.12. The monoisotopic (exact) mass is 334 g/mol. The molecule has 0 radical (unpaired) electrons. The molecule has 0 saturated heterocycles. The van der Waals surface area contributed by atoms with Crippen LogP contribution in [0.1, 0.15) is 22.2 Å². The number of benzene rings is 1. The Bertz CT molecular complexity index is 716. The maximum Gasteiger partial charge on any atom is 0.339 e. The Labute approximate surface area is 138 Å². The van der Waals surface area contributed by atoms with Crippen LogP contribution < -0.4 is 5.73 Å². The van der Waals surface area contributed by atoms with Gasteiger partial charge in [-0.05, 0) is 36.8 Å². The molecule has 2 rings (SSSR count). The van der Waals surface area contributed by atoms with Gasteiger partial charge in [0, 0.05) is 16.3 Å². The Hall–Kier alpha value is -2.00. The van der Waals surface area contributed by atoms with Crippen molar-refractivity contribution in [3.8, 4) is 11.8 Å². The fraction of sp³-hybridized carbons (Fsp3) is 0.188. The van der Waals surface area contributed by atoms with E-state index < -0.39 is 12.1 Å². The molecule has 1 atom stereocenters. The largest absolute Gasteiger partial charge is 0.350 e. The third-order valence-electron chi connectivity index (χ3n) is 2.95. The summed E-state index contributed by atoms with van der Waals surface area (Å²) in [6.45, 7) is 1.60. The zero-order valence-corrected chi connectivity index (χ0v) is 13.5. The molecule has 0 aliphatic heterocycles. The van der Waals surface area contributed by atoms with Gasteiger partial charge in [-0.1, -0.05) is 35.6 Å². The molecule has 0 aliphatic carbocycles. The van der Waals surface area contributed by atoms with Crippen molar-refractivity contribution in [3.05, 3.63) is 56.7 Å². The Morgan fingerprint density at radius 1 is 1.36 bits per heavy atom. The summed E-state index contributed by atoms with van der Waals surface area (Å²) in [6, 6.07) is 10.1. The van der Waals surface area contributed by atoms with Crippen LogP contribution >= 0.6 is 22.9 Å². The second kappa shape index (κ2) is 7.32. The van der Waals surface area contributed by atoms with E-state index in [0.717, 1.165) is 16.3 Å². The van der Waals surface area contributed by atoms with Crippen molar-refractivity contribution < 1.29 is 10.0 Å². The van der Waals surface area contributed by atoms with Crippen LogP contribution in [0.15, 0.2) is 36.4 Å². The summed E-state index contributed by atoms with van der Waals surface area (Å²) in [7, 11) is 0. The molecule has 0 aliphatic rings. The van der Waals surface area contributed by atoms with E-state index in [-0.39, 0.29) is 0 Å². The van der Waals surface area contributed by atoms with Gasteiger partial charge in [0.2, 0.25) is 0 Å². The fourth-order valence-electron chi connectivity index (χ4n) is 1.77. The molecule has 0 bridgehead atoms. The van der Waals surface area contributed by atoms with Crippen LogP contribution in [-0.4, -0.2) is 22.3 Å². The molecular formula is C16H15ClN2O2S. The maximum atomic E-state index is 10.8. The summed E-state index contributed by atoms with van der Waals surface area (Å²) in [5.41, 5.74) is 6.14. The molecule has 2 aromatic rings. The van der Waals surface area contributed by atoms with E-state index in [0.29, 0.717) is 5.06 Å². The zero-order chi connectivity index (χ0) is 16.1. The summed E-state index contributed by atoms with van der Waals surface area (Å²) in [4.78, 5) is 12.9. The zero-order valence-electron chi connectivity index (χ0n) is 11.9. The minimum atomic E-state index is -0.920. The summed E-state index contributed by atoms with van der Waals surface area (Å²) in [6.07, 6.45) is 0.812. The second-order valence-corrected chi connectivity index (χ2v) is 6.30. The number of nitrogens with zero attached hydrogens (tertiary/aromatic N) is 1.